The molecule has 0 radical (unpaired) electrons. The molecule has 2 rings (SSSR count). The highest BCUT2D eigenvalue weighted by atomic mass is 15.4. The van der Waals surface area contributed by atoms with E-state index in [1.807, 2.05) is 6.08 Å². The summed E-state index contributed by atoms with van der Waals surface area (Å²) in [6.07, 6.45) is 12.9. The highest BCUT2D eigenvalue weighted by Crippen LogP contribution is 2.17. The first-order valence-electron chi connectivity index (χ1n) is 3.40. The molecule has 0 amide bonds. The second kappa shape index (κ2) is 1.90. The summed E-state index contributed by atoms with van der Waals surface area (Å²) in [5.41, 5.74) is 0. The molecule has 0 aromatic carbocycles. The van der Waals surface area contributed by atoms with Crippen LogP contribution in [-0.4, -0.2) is 23.0 Å². The minimum Gasteiger partial charge on any atom is -0.356 e. The van der Waals surface area contributed by atoms with E-state index in [4.69, 9.17) is 0 Å². The van der Waals surface area contributed by atoms with E-state index in [1.165, 1.54) is 0 Å². The third-order valence-electron chi connectivity index (χ3n) is 1.85. The standard InChI is InChI=1S/C8H10N2/c1-9-6-7-10-5-3-2-4-8(9)10/h2-8H,1H3. The van der Waals surface area contributed by atoms with E-state index in [9.17, 15) is 0 Å². The van der Waals surface area contributed by atoms with Gasteiger partial charge in [0.05, 0.1) is 0 Å². The molecule has 0 aliphatic carbocycles. The van der Waals surface area contributed by atoms with E-state index >= 15 is 0 Å². The van der Waals surface area contributed by atoms with Crippen molar-refractivity contribution in [3.05, 3.63) is 36.8 Å². The summed E-state index contributed by atoms with van der Waals surface area (Å²) in [5.74, 6) is 0. The van der Waals surface area contributed by atoms with E-state index in [1.54, 1.807) is 0 Å². The van der Waals surface area contributed by atoms with Gasteiger partial charge in [0.1, 0.15) is 6.17 Å². The Bertz CT molecular complexity index is 215. The van der Waals surface area contributed by atoms with Crippen molar-refractivity contribution in [2.24, 2.45) is 0 Å². The second-order valence-corrected chi connectivity index (χ2v) is 2.55. The third-order valence-corrected chi connectivity index (χ3v) is 1.85. The summed E-state index contributed by atoms with van der Waals surface area (Å²) in [6.45, 7) is 0. The maximum atomic E-state index is 2.17. The Balaban J connectivity index is 2.26. The summed E-state index contributed by atoms with van der Waals surface area (Å²) in [4.78, 5) is 4.33. The molecule has 2 nitrogen and oxygen atoms in total. The van der Waals surface area contributed by atoms with Crippen LogP contribution in [0.3, 0.4) is 0 Å². The molecule has 2 heteroatoms. The van der Waals surface area contributed by atoms with Crippen LogP contribution in [0.4, 0.5) is 0 Å². The predicted molar refractivity (Wildman–Crippen MR) is 40.8 cm³/mol. The van der Waals surface area contributed by atoms with Crippen LogP contribution in [0, 0.1) is 0 Å². The van der Waals surface area contributed by atoms with Crippen molar-refractivity contribution < 1.29 is 0 Å². The van der Waals surface area contributed by atoms with Crippen LogP contribution in [0.2, 0.25) is 0 Å². The largest absolute Gasteiger partial charge is 0.356 e. The molecule has 0 aromatic heterocycles. The molecular formula is C8H10N2. The van der Waals surface area contributed by atoms with Crippen molar-refractivity contribution in [1.29, 1.82) is 0 Å². The average Bonchev–Trinajstić information content (AvgIpc) is 2.34. The van der Waals surface area contributed by atoms with Crippen molar-refractivity contribution in [2.45, 2.75) is 6.17 Å². The second-order valence-electron chi connectivity index (χ2n) is 2.55. The Morgan fingerprint density at radius 1 is 1.10 bits per heavy atom. The number of nitrogens with zero attached hydrogens (tertiary/aromatic N) is 2. The Morgan fingerprint density at radius 3 is 2.80 bits per heavy atom. The first kappa shape index (κ1) is 5.59. The lowest BCUT2D eigenvalue weighted by Crippen LogP contribution is -2.32. The van der Waals surface area contributed by atoms with Crippen molar-refractivity contribution in [3.8, 4) is 0 Å². The molecular weight excluding hydrogens is 124 g/mol. The molecule has 0 N–H and O–H groups in total. The monoisotopic (exact) mass is 134 g/mol. The summed E-state index contributed by atoms with van der Waals surface area (Å²) in [7, 11) is 2.07. The van der Waals surface area contributed by atoms with Gasteiger partial charge in [-0.05, 0) is 12.2 Å². The lowest BCUT2D eigenvalue weighted by atomic mass is 10.3. The fourth-order valence-electron chi connectivity index (χ4n) is 1.25. The van der Waals surface area contributed by atoms with Gasteiger partial charge >= 0.3 is 0 Å². The van der Waals surface area contributed by atoms with Gasteiger partial charge in [-0.3, -0.25) is 0 Å². The van der Waals surface area contributed by atoms with Crippen LogP contribution >= 0.6 is 0 Å². The highest BCUT2D eigenvalue weighted by molar-refractivity contribution is 5.18. The maximum absolute atomic E-state index is 2.17. The van der Waals surface area contributed by atoms with Crippen LogP contribution in [0.1, 0.15) is 0 Å². The summed E-state index contributed by atoms with van der Waals surface area (Å²) in [5, 5.41) is 0. The minimum atomic E-state index is 0.421. The number of fused-ring (bicyclic) bond motifs is 1. The van der Waals surface area contributed by atoms with Gasteiger partial charge in [-0.2, -0.15) is 0 Å². The zero-order valence-corrected chi connectivity index (χ0v) is 5.94. The van der Waals surface area contributed by atoms with Crippen LogP contribution in [-0.2, 0) is 0 Å². The van der Waals surface area contributed by atoms with Crippen LogP contribution < -0.4 is 0 Å². The average molecular weight is 134 g/mol. The fourth-order valence-corrected chi connectivity index (χ4v) is 1.25. The van der Waals surface area contributed by atoms with Crippen molar-refractivity contribution in [1.82, 2.24) is 9.80 Å². The predicted octanol–water partition coefficient (Wildman–Crippen LogP) is 1.11. The van der Waals surface area contributed by atoms with Crippen molar-refractivity contribution in [2.75, 3.05) is 7.05 Å². The normalized spacial score (nSPS) is 27.9. The van der Waals surface area contributed by atoms with E-state index in [0.29, 0.717) is 6.17 Å². The van der Waals surface area contributed by atoms with E-state index in [0.717, 1.165) is 0 Å². The lowest BCUT2D eigenvalue weighted by Gasteiger charge is -2.26. The summed E-state index contributed by atoms with van der Waals surface area (Å²) >= 11 is 0. The molecule has 2 aliphatic rings. The zero-order valence-electron chi connectivity index (χ0n) is 5.94. The van der Waals surface area contributed by atoms with Gasteiger partial charge < -0.3 is 9.80 Å². The molecule has 0 bridgehead atoms. The first-order chi connectivity index (χ1) is 4.88. The van der Waals surface area contributed by atoms with Gasteiger partial charge in [-0.25, -0.2) is 0 Å². The van der Waals surface area contributed by atoms with Gasteiger partial charge in [-0.1, -0.05) is 6.08 Å². The molecule has 0 saturated carbocycles. The molecule has 52 valence electrons. The van der Waals surface area contributed by atoms with Crippen LogP contribution in [0.25, 0.3) is 0 Å². The van der Waals surface area contributed by atoms with Crippen molar-refractivity contribution >= 4 is 0 Å². The Kier molecular flexibility index (Phi) is 1.07. The Hall–Kier alpha value is -1.18. The lowest BCUT2D eigenvalue weighted by molar-refractivity contribution is 0.276. The van der Waals surface area contributed by atoms with E-state index < -0.39 is 0 Å². The van der Waals surface area contributed by atoms with Gasteiger partial charge in [-0.15, -0.1) is 0 Å². The topological polar surface area (TPSA) is 6.48 Å². The minimum absolute atomic E-state index is 0.421. The molecule has 0 saturated heterocycles. The molecule has 2 heterocycles. The smallest absolute Gasteiger partial charge is 0.124 e. The zero-order chi connectivity index (χ0) is 6.97. The van der Waals surface area contributed by atoms with Crippen LogP contribution in [0.5, 0.6) is 0 Å². The van der Waals surface area contributed by atoms with Gasteiger partial charge in [0.2, 0.25) is 0 Å². The Morgan fingerprint density at radius 2 is 2.00 bits per heavy atom. The molecule has 2 aliphatic heterocycles. The fraction of sp³-hybridized carbons (Fsp3) is 0.250. The Labute approximate surface area is 60.7 Å². The first-order valence-corrected chi connectivity index (χ1v) is 3.40. The summed E-state index contributed by atoms with van der Waals surface area (Å²) in [6, 6.07) is 0. The molecule has 1 unspecified atom stereocenters. The van der Waals surface area contributed by atoms with Gasteiger partial charge in [0, 0.05) is 25.6 Å². The molecule has 0 fully saturated rings. The SMILES string of the molecule is CN1C=CN2C=CC=CC12. The van der Waals surface area contributed by atoms with E-state index in [-0.39, 0.29) is 0 Å². The number of allylic oxidation sites excluding steroid dienone is 2. The van der Waals surface area contributed by atoms with Gasteiger partial charge in [0.15, 0.2) is 0 Å². The molecule has 0 aromatic rings. The quantitative estimate of drug-likeness (QED) is 0.489. The maximum Gasteiger partial charge on any atom is 0.124 e. The number of likely N-dealkylation sites (N-methyl/N-ethyl adjacent to an activating group) is 1. The van der Waals surface area contributed by atoms with Gasteiger partial charge in [0.25, 0.3) is 0 Å². The van der Waals surface area contributed by atoms with Crippen molar-refractivity contribution in [3.63, 3.8) is 0 Å². The number of hydrogen-bond donors (Lipinski definition) is 0. The summed E-state index contributed by atoms with van der Waals surface area (Å²) < 4.78 is 0. The van der Waals surface area contributed by atoms with Crippen LogP contribution in [0.15, 0.2) is 36.8 Å². The van der Waals surface area contributed by atoms with E-state index in [2.05, 4.69) is 47.6 Å². The molecule has 0 spiro atoms. The molecule has 10 heavy (non-hydrogen) atoms. The third kappa shape index (κ3) is 0.652. The molecule has 1 atom stereocenters. The number of hydrogen-bond acceptors (Lipinski definition) is 2. The number of rotatable bonds is 0. The highest BCUT2D eigenvalue weighted by Gasteiger charge is 2.19.